The third kappa shape index (κ3) is 4.38. The first kappa shape index (κ1) is 19.4. The van der Waals surface area contributed by atoms with Gasteiger partial charge in [0.05, 0.1) is 18.4 Å². The van der Waals surface area contributed by atoms with Crippen molar-refractivity contribution < 1.29 is 19.6 Å². The minimum atomic E-state index is -0.421. The summed E-state index contributed by atoms with van der Waals surface area (Å²) in [7, 11) is 1.34. The molecule has 0 aliphatic rings. The van der Waals surface area contributed by atoms with Crippen LogP contribution in [-0.2, 0) is 4.74 Å². The first-order chi connectivity index (χ1) is 11.9. The van der Waals surface area contributed by atoms with E-state index in [4.69, 9.17) is 4.74 Å². The lowest BCUT2D eigenvalue weighted by molar-refractivity contribution is -0.685. The van der Waals surface area contributed by atoms with Crippen molar-refractivity contribution in [2.45, 2.75) is 33.2 Å². The SMILES string of the molecule is CC[C@@H]([NH2+]CC(=O)c1[nH]c(C)c(C(=O)OC)c1C)c1ccc(Br)cc1. The number of ether oxygens (including phenoxy) is 1. The molecule has 2 rings (SSSR count). The molecule has 1 heterocycles. The quantitative estimate of drug-likeness (QED) is 0.546. The summed E-state index contributed by atoms with van der Waals surface area (Å²) in [4.78, 5) is 27.5. The Kier molecular flexibility index (Phi) is 6.56. The fourth-order valence-electron chi connectivity index (χ4n) is 3.04. The molecule has 0 spiro atoms. The van der Waals surface area contributed by atoms with Gasteiger partial charge < -0.3 is 15.0 Å². The average molecular weight is 408 g/mol. The van der Waals surface area contributed by atoms with Gasteiger partial charge >= 0.3 is 5.97 Å². The summed E-state index contributed by atoms with van der Waals surface area (Å²) in [6, 6.07) is 8.37. The highest BCUT2D eigenvalue weighted by atomic mass is 79.9. The molecule has 0 amide bonds. The van der Waals surface area contributed by atoms with E-state index < -0.39 is 5.97 Å². The second kappa shape index (κ2) is 8.45. The van der Waals surface area contributed by atoms with E-state index in [0.29, 0.717) is 29.1 Å². The van der Waals surface area contributed by atoms with Gasteiger partial charge in [0.2, 0.25) is 5.78 Å². The van der Waals surface area contributed by atoms with Gasteiger partial charge in [-0.05, 0) is 31.5 Å². The number of methoxy groups -OCH3 is 1. The van der Waals surface area contributed by atoms with E-state index in [1.165, 1.54) is 12.7 Å². The molecule has 0 unspecified atom stereocenters. The number of nitrogens with two attached hydrogens (primary N) is 1. The van der Waals surface area contributed by atoms with Gasteiger partial charge in [-0.3, -0.25) is 4.79 Å². The van der Waals surface area contributed by atoms with E-state index in [9.17, 15) is 9.59 Å². The van der Waals surface area contributed by atoms with Gasteiger partial charge in [-0.15, -0.1) is 0 Å². The highest BCUT2D eigenvalue weighted by Crippen LogP contribution is 2.19. The molecule has 5 nitrogen and oxygen atoms in total. The molecular weight excluding hydrogens is 384 g/mol. The zero-order valence-electron chi connectivity index (χ0n) is 15.0. The van der Waals surface area contributed by atoms with E-state index in [1.807, 2.05) is 17.4 Å². The van der Waals surface area contributed by atoms with Crippen molar-refractivity contribution in [2.24, 2.45) is 0 Å². The van der Waals surface area contributed by atoms with Crippen molar-refractivity contribution in [3.63, 3.8) is 0 Å². The number of Topliss-reactive ketones (excluding diaryl/α,β-unsaturated/α-hetero) is 1. The van der Waals surface area contributed by atoms with Gasteiger partial charge in [-0.1, -0.05) is 35.0 Å². The van der Waals surface area contributed by atoms with Crippen LogP contribution in [0.15, 0.2) is 28.7 Å². The van der Waals surface area contributed by atoms with Gasteiger partial charge in [-0.25, -0.2) is 4.79 Å². The van der Waals surface area contributed by atoms with Crippen molar-refractivity contribution in [1.29, 1.82) is 0 Å². The summed E-state index contributed by atoms with van der Waals surface area (Å²) in [5.74, 6) is -0.443. The number of hydrogen-bond acceptors (Lipinski definition) is 3. The van der Waals surface area contributed by atoms with Crippen molar-refractivity contribution in [1.82, 2.24) is 4.98 Å². The molecule has 1 aromatic heterocycles. The molecule has 0 saturated heterocycles. The molecule has 25 heavy (non-hydrogen) atoms. The van der Waals surface area contributed by atoms with Gasteiger partial charge in [0.25, 0.3) is 0 Å². The monoisotopic (exact) mass is 407 g/mol. The van der Waals surface area contributed by atoms with Crippen LogP contribution in [0.4, 0.5) is 0 Å². The third-order valence-corrected chi connectivity index (χ3v) is 4.96. The van der Waals surface area contributed by atoms with E-state index in [-0.39, 0.29) is 11.8 Å². The van der Waals surface area contributed by atoms with Crippen LogP contribution in [0.25, 0.3) is 0 Å². The Morgan fingerprint density at radius 2 is 1.88 bits per heavy atom. The van der Waals surface area contributed by atoms with Crippen LogP contribution in [-0.4, -0.2) is 30.4 Å². The largest absolute Gasteiger partial charge is 0.465 e. The number of ketones is 1. The van der Waals surface area contributed by atoms with Crippen molar-refractivity contribution in [3.8, 4) is 0 Å². The first-order valence-electron chi connectivity index (χ1n) is 8.28. The van der Waals surface area contributed by atoms with Crippen molar-refractivity contribution >= 4 is 27.7 Å². The number of H-pyrrole nitrogens is 1. The average Bonchev–Trinajstić information content (AvgIpc) is 2.90. The number of quaternary nitrogens is 1. The lowest BCUT2D eigenvalue weighted by Gasteiger charge is -2.14. The second-order valence-corrected chi connectivity index (χ2v) is 6.96. The molecule has 3 N–H and O–H groups in total. The molecule has 1 atom stereocenters. The Balaban J connectivity index is 2.11. The molecule has 0 aliphatic heterocycles. The number of hydrogen-bond donors (Lipinski definition) is 2. The summed E-state index contributed by atoms with van der Waals surface area (Å²) >= 11 is 3.44. The number of benzene rings is 1. The van der Waals surface area contributed by atoms with Gasteiger partial charge in [0, 0.05) is 22.2 Å². The van der Waals surface area contributed by atoms with Gasteiger partial charge in [0.1, 0.15) is 12.6 Å². The molecule has 0 radical (unpaired) electrons. The number of carbonyl (C=O) groups excluding carboxylic acids is 2. The number of aromatic amines is 1. The normalized spacial score (nSPS) is 12.0. The van der Waals surface area contributed by atoms with Crippen LogP contribution < -0.4 is 5.32 Å². The molecule has 1 aromatic carbocycles. The molecule has 6 heteroatoms. The number of rotatable bonds is 7. The van der Waals surface area contributed by atoms with Crippen molar-refractivity contribution in [2.75, 3.05) is 13.7 Å². The number of aryl methyl sites for hydroxylation is 1. The van der Waals surface area contributed by atoms with E-state index in [2.05, 4.69) is 40.0 Å². The zero-order chi connectivity index (χ0) is 18.6. The smallest absolute Gasteiger partial charge is 0.339 e. The van der Waals surface area contributed by atoms with Crippen LogP contribution in [0, 0.1) is 13.8 Å². The summed E-state index contributed by atoms with van der Waals surface area (Å²) in [6.45, 7) is 5.97. The van der Waals surface area contributed by atoms with Crippen molar-refractivity contribution in [3.05, 3.63) is 56.8 Å². The van der Waals surface area contributed by atoms with Crippen LogP contribution >= 0.6 is 15.9 Å². The third-order valence-electron chi connectivity index (χ3n) is 4.43. The predicted octanol–water partition coefficient (Wildman–Crippen LogP) is 3.08. The topological polar surface area (TPSA) is 75.8 Å². The number of halogens is 1. The number of nitrogens with one attached hydrogen (secondary N) is 1. The summed E-state index contributed by atoms with van der Waals surface area (Å²) in [5, 5.41) is 2.04. The van der Waals surface area contributed by atoms with E-state index >= 15 is 0 Å². The molecule has 0 fully saturated rings. The number of esters is 1. The maximum absolute atomic E-state index is 12.6. The standard InChI is InChI=1S/C19H23BrN2O3/c1-5-15(13-6-8-14(20)9-7-13)21-10-16(23)18-11(2)17(12(3)22-18)19(24)25-4/h6-9,15,21-22H,5,10H2,1-4H3/p+1/t15-/m1/s1. The van der Waals surface area contributed by atoms with E-state index in [0.717, 1.165) is 10.9 Å². The fourth-order valence-corrected chi connectivity index (χ4v) is 3.30. The molecule has 0 saturated carbocycles. The maximum atomic E-state index is 12.6. The predicted molar refractivity (Wildman–Crippen MR) is 99.9 cm³/mol. The summed E-state index contributed by atoms with van der Waals surface area (Å²) in [5.41, 5.74) is 3.44. The molecule has 134 valence electrons. The molecule has 2 aromatic rings. The second-order valence-electron chi connectivity index (χ2n) is 6.05. The Hall–Kier alpha value is -1.92. The Morgan fingerprint density at radius 1 is 1.24 bits per heavy atom. The highest BCUT2D eigenvalue weighted by molar-refractivity contribution is 9.10. The van der Waals surface area contributed by atoms with E-state index in [1.54, 1.807) is 13.8 Å². The zero-order valence-corrected chi connectivity index (χ0v) is 16.6. The van der Waals surface area contributed by atoms with Gasteiger partial charge in [0.15, 0.2) is 0 Å². The van der Waals surface area contributed by atoms with Crippen LogP contribution in [0.2, 0.25) is 0 Å². The minimum absolute atomic E-state index is 0.0219. The first-order valence-corrected chi connectivity index (χ1v) is 9.07. The fraction of sp³-hybridized carbons (Fsp3) is 0.368. The summed E-state index contributed by atoms with van der Waals surface area (Å²) < 4.78 is 5.83. The van der Waals surface area contributed by atoms with Crippen LogP contribution in [0.3, 0.4) is 0 Å². The minimum Gasteiger partial charge on any atom is -0.465 e. The van der Waals surface area contributed by atoms with Crippen LogP contribution in [0.1, 0.15) is 57.1 Å². The highest BCUT2D eigenvalue weighted by Gasteiger charge is 2.24. The maximum Gasteiger partial charge on any atom is 0.339 e. The van der Waals surface area contributed by atoms with Crippen LogP contribution in [0.5, 0.6) is 0 Å². The molecule has 0 aliphatic carbocycles. The lowest BCUT2D eigenvalue weighted by atomic mass is 10.0. The number of aromatic nitrogens is 1. The van der Waals surface area contributed by atoms with Gasteiger partial charge in [-0.2, -0.15) is 0 Å². The summed E-state index contributed by atoms with van der Waals surface area (Å²) in [6.07, 6.45) is 0.922. The Labute approximate surface area is 156 Å². The molecule has 0 bridgehead atoms. The molecular formula is C19H24BrN2O3+. The lowest BCUT2D eigenvalue weighted by Crippen LogP contribution is -2.86. The number of carbonyl (C=O) groups is 2. The Morgan fingerprint density at radius 3 is 2.44 bits per heavy atom. The Bertz CT molecular complexity index is 766.